The van der Waals surface area contributed by atoms with Crippen molar-refractivity contribution in [2.75, 3.05) is 25.6 Å². The first kappa shape index (κ1) is 21.6. The lowest BCUT2D eigenvalue weighted by Crippen LogP contribution is -2.21. The van der Waals surface area contributed by atoms with E-state index < -0.39 is 30.3 Å². The molecular weight excluding hydrogens is 413 g/mol. The van der Waals surface area contributed by atoms with Crippen LogP contribution in [0.2, 0.25) is 5.02 Å². The Kier molecular flexibility index (Phi) is 7.36. The van der Waals surface area contributed by atoms with Crippen LogP contribution in [0.5, 0.6) is 5.75 Å². The molecule has 0 radical (unpaired) electrons. The lowest BCUT2D eigenvalue weighted by Gasteiger charge is -2.09. The van der Waals surface area contributed by atoms with Crippen molar-refractivity contribution >= 4 is 45.8 Å². The van der Waals surface area contributed by atoms with Crippen molar-refractivity contribution in [2.45, 2.75) is 13.8 Å². The van der Waals surface area contributed by atoms with E-state index in [1.165, 1.54) is 13.2 Å². The second-order valence-corrected chi connectivity index (χ2v) is 6.81. The normalized spacial score (nSPS) is 10.3. The molecule has 0 fully saturated rings. The second-order valence-electron chi connectivity index (χ2n) is 5.38. The SMILES string of the molecule is CCOC(=O)c1c(NC(=O)COc2ccc(F)cc2Cl)sc(C(=O)OC)c1C. The van der Waals surface area contributed by atoms with Crippen molar-refractivity contribution in [1.29, 1.82) is 0 Å². The molecule has 0 saturated carbocycles. The number of amides is 1. The van der Waals surface area contributed by atoms with Gasteiger partial charge in [0.05, 0.1) is 24.3 Å². The number of benzene rings is 1. The van der Waals surface area contributed by atoms with Gasteiger partial charge in [0.15, 0.2) is 6.61 Å². The molecule has 0 aliphatic rings. The standard InChI is InChI=1S/C18H17ClFNO6S/c1-4-26-17(23)14-9(2)15(18(24)25-3)28-16(14)21-13(22)8-27-12-6-5-10(20)7-11(12)19/h5-7H,4,8H2,1-3H3,(H,21,22). The molecule has 0 unspecified atom stereocenters. The number of anilines is 1. The third-order valence-corrected chi connectivity index (χ3v) is 4.99. The van der Waals surface area contributed by atoms with E-state index in [4.69, 9.17) is 25.8 Å². The van der Waals surface area contributed by atoms with Gasteiger partial charge in [-0.2, -0.15) is 0 Å². The van der Waals surface area contributed by atoms with Crippen LogP contribution in [0.3, 0.4) is 0 Å². The molecule has 0 saturated heterocycles. The number of methoxy groups -OCH3 is 1. The number of thiophene rings is 1. The summed E-state index contributed by atoms with van der Waals surface area (Å²) in [6.45, 7) is 2.87. The monoisotopic (exact) mass is 429 g/mol. The highest BCUT2D eigenvalue weighted by atomic mass is 35.5. The van der Waals surface area contributed by atoms with E-state index in [1.54, 1.807) is 13.8 Å². The summed E-state index contributed by atoms with van der Waals surface area (Å²) >= 11 is 6.73. The van der Waals surface area contributed by atoms with Crippen molar-refractivity contribution in [3.63, 3.8) is 0 Å². The zero-order valence-electron chi connectivity index (χ0n) is 15.3. The van der Waals surface area contributed by atoms with Gasteiger partial charge in [0.2, 0.25) is 0 Å². The number of hydrogen-bond acceptors (Lipinski definition) is 7. The molecule has 0 spiro atoms. The van der Waals surface area contributed by atoms with E-state index in [1.807, 2.05) is 0 Å². The highest BCUT2D eigenvalue weighted by molar-refractivity contribution is 7.18. The first-order valence-electron chi connectivity index (χ1n) is 8.05. The van der Waals surface area contributed by atoms with Crippen LogP contribution in [0.25, 0.3) is 0 Å². The van der Waals surface area contributed by atoms with Gasteiger partial charge in [-0.25, -0.2) is 14.0 Å². The van der Waals surface area contributed by atoms with Crippen molar-refractivity contribution in [3.8, 4) is 5.75 Å². The topological polar surface area (TPSA) is 90.9 Å². The fourth-order valence-electron chi connectivity index (χ4n) is 2.24. The van der Waals surface area contributed by atoms with E-state index in [-0.39, 0.29) is 32.8 Å². The van der Waals surface area contributed by atoms with Crippen LogP contribution in [-0.2, 0) is 14.3 Å². The first-order chi connectivity index (χ1) is 13.3. The Bertz CT molecular complexity index is 914. The summed E-state index contributed by atoms with van der Waals surface area (Å²) in [7, 11) is 1.21. The molecule has 7 nitrogen and oxygen atoms in total. The Morgan fingerprint density at radius 2 is 1.96 bits per heavy atom. The van der Waals surface area contributed by atoms with Crippen LogP contribution in [-0.4, -0.2) is 38.2 Å². The molecule has 28 heavy (non-hydrogen) atoms. The molecule has 1 aromatic carbocycles. The Morgan fingerprint density at radius 1 is 1.25 bits per heavy atom. The van der Waals surface area contributed by atoms with Gasteiger partial charge in [-0.15, -0.1) is 11.3 Å². The molecule has 0 aliphatic heterocycles. The van der Waals surface area contributed by atoms with E-state index in [0.29, 0.717) is 5.56 Å². The van der Waals surface area contributed by atoms with Crippen LogP contribution < -0.4 is 10.1 Å². The van der Waals surface area contributed by atoms with Gasteiger partial charge in [-0.1, -0.05) is 11.6 Å². The average molecular weight is 430 g/mol. The van der Waals surface area contributed by atoms with Crippen LogP contribution in [0, 0.1) is 12.7 Å². The molecule has 0 atom stereocenters. The lowest BCUT2D eigenvalue weighted by molar-refractivity contribution is -0.118. The Hall–Kier alpha value is -2.65. The van der Waals surface area contributed by atoms with Gasteiger partial charge in [0.1, 0.15) is 21.4 Å². The Labute approximate surface area is 169 Å². The number of halogens is 2. The van der Waals surface area contributed by atoms with Gasteiger partial charge < -0.3 is 19.5 Å². The zero-order valence-corrected chi connectivity index (χ0v) is 16.8. The zero-order chi connectivity index (χ0) is 20.8. The number of esters is 2. The summed E-state index contributed by atoms with van der Waals surface area (Å²) < 4.78 is 28.0. The molecule has 150 valence electrons. The van der Waals surface area contributed by atoms with Crippen molar-refractivity contribution in [3.05, 3.63) is 45.0 Å². The van der Waals surface area contributed by atoms with Crippen molar-refractivity contribution < 1.29 is 33.0 Å². The Morgan fingerprint density at radius 3 is 2.57 bits per heavy atom. The largest absolute Gasteiger partial charge is 0.482 e. The van der Waals surface area contributed by atoms with Crippen molar-refractivity contribution in [2.24, 2.45) is 0 Å². The highest BCUT2D eigenvalue weighted by Gasteiger charge is 2.27. The molecule has 10 heteroatoms. The lowest BCUT2D eigenvalue weighted by atomic mass is 10.1. The molecule has 1 amide bonds. The maximum Gasteiger partial charge on any atom is 0.348 e. The molecule has 0 aliphatic carbocycles. The average Bonchev–Trinajstić information content (AvgIpc) is 2.96. The quantitative estimate of drug-likeness (QED) is 0.672. The Balaban J connectivity index is 2.20. The molecular formula is C18H17ClFNO6S. The summed E-state index contributed by atoms with van der Waals surface area (Å²) in [5.74, 6) is -2.33. The molecule has 1 heterocycles. The fourth-order valence-corrected chi connectivity index (χ4v) is 3.59. The molecule has 2 aromatic rings. The number of ether oxygens (including phenoxy) is 3. The first-order valence-corrected chi connectivity index (χ1v) is 9.24. The van der Waals surface area contributed by atoms with Gasteiger partial charge in [-0.05, 0) is 37.6 Å². The third kappa shape index (κ3) is 4.99. The molecule has 0 bridgehead atoms. The number of nitrogens with one attached hydrogen (secondary N) is 1. The molecule has 1 aromatic heterocycles. The number of hydrogen-bond donors (Lipinski definition) is 1. The molecule has 1 N–H and O–H groups in total. The van der Waals surface area contributed by atoms with Gasteiger partial charge >= 0.3 is 11.9 Å². The van der Waals surface area contributed by atoms with Crippen LogP contribution in [0.15, 0.2) is 18.2 Å². The van der Waals surface area contributed by atoms with Gasteiger partial charge in [0, 0.05) is 0 Å². The third-order valence-electron chi connectivity index (χ3n) is 3.50. The van der Waals surface area contributed by atoms with Crippen LogP contribution in [0.1, 0.15) is 32.5 Å². The van der Waals surface area contributed by atoms with Crippen LogP contribution in [0.4, 0.5) is 9.39 Å². The number of rotatable bonds is 7. The maximum atomic E-state index is 13.1. The summed E-state index contributed by atoms with van der Waals surface area (Å²) in [4.78, 5) is 36.6. The summed E-state index contributed by atoms with van der Waals surface area (Å²) in [5, 5.41) is 2.67. The van der Waals surface area contributed by atoms with Gasteiger partial charge in [0.25, 0.3) is 5.91 Å². The van der Waals surface area contributed by atoms with Crippen LogP contribution >= 0.6 is 22.9 Å². The van der Waals surface area contributed by atoms with E-state index >= 15 is 0 Å². The van der Waals surface area contributed by atoms with Gasteiger partial charge in [-0.3, -0.25) is 4.79 Å². The summed E-state index contributed by atoms with van der Waals surface area (Å²) in [5.41, 5.74) is 0.411. The summed E-state index contributed by atoms with van der Waals surface area (Å²) in [6.07, 6.45) is 0. The minimum absolute atomic E-state index is 0.0139. The number of carbonyl (C=O) groups is 3. The van der Waals surface area contributed by atoms with E-state index in [0.717, 1.165) is 23.5 Å². The summed E-state index contributed by atoms with van der Waals surface area (Å²) in [6, 6.07) is 3.49. The van der Waals surface area contributed by atoms with E-state index in [2.05, 4.69) is 5.32 Å². The van der Waals surface area contributed by atoms with E-state index in [9.17, 15) is 18.8 Å². The predicted molar refractivity (Wildman–Crippen MR) is 102 cm³/mol. The maximum absolute atomic E-state index is 13.1. The fraction of sp³-hybridized carbons (Fsp3) is 0.278. The van der Waals surface area contributed by atoms with Crippen molar-refractivity contribution in [1.82, 2.24) is 0 Å². The highest BCUT2D eigenvalue weighted by Crippen LogP contribution is 2.34. The number of carbonyl (C=O) groups excluding carboxylic acids is 3. The minimum Gasteiger partial charge on any atom is -0.482 e. The minimum atomic E-state index is -0.677. The smallest absolute Gasteiger partial charge is 0.348 e. The molecule has 2 rings (SSSR count). The second kappa shape index (κ2) is 9.52. The predicted octanol–water partition coefficient (Wildman–Crippen LogP) is 3.83.